The lowest BCUT2D eigenvalue weighted by Gasteiger charge is -2.32. The van der Waals surface area contributed by atoms with Gasteiger partial charge in [0.05, 0.1) is 6.61 Å². The maximum atomic E-state index is 11.5. The molecule has 1 heterocycles. The van der Waals surface area contributed by atoms with Crippen molar-refractivity contribution >= 4 is 23.3 Å². The number of esters is 1. The van der Waals surface area contributed by atoms with E-state index in [0.29, 0.717) is 17.4 Å². The van der Waals surface area contributed by atoms with Crippen LogP contribution in [0.15, 0.2) is 12.3 Å². The molecule has 1 aliphatic heterocycles. The molecule has 0 amide bonds. The molecule has 5 heteroatoms. The molecule has 0 aromatic carbocycles. The molecule has 0 saturated carbocycles. The van der Waals surface area contributed by atoms with Gasteiger partial charge in [-0.1, -0.05) is 6.58 Å². The first kappa shape index (κ1) is 11.0. The first-order valence-corrected chi connectivity index (χ1v) is 4.90. The van der Waals surface area contributed by atoms with Crippen LogP contribution in [0.1, 0.15) is 13.8 Å². The van der Waals surface area contributed by atoms with Crippen LogP contribution in [0.5, 0.6) is 0 Å². The number of hydrogen-bond donors (Lipinski definition) is 2. The summed E-state index contributed by atoms with van der Waals surface area (Å²) in [6.45, 7) is 7.79. The van der Waals surface area contributed by atoms with Gasteiger partial charge in [-0.05, 0) is 26.1 Å². The van der Waals surface area contributed by atoms with Crippen LogP contribution in [0.3, 0.4) is 0 Å². The van der Waals surface area contributed by atoms with Gasteiger partial charge in [-0.3, -0.25) is 4.79 Å². The van der Waals surface area contributed by atoms with Crippen molar-refractivity contribution in [3.05, 3.63) is 12.3 Å². The van der Waals surface area contributed by atoms with Crippen LogP contribution in [0.25, 0.3) is 0 Å². The minimum atomic E-state index is -0.373. The fraction of sp³-hybridized carbons (Fsp3) is 0.556. The molecule has 0 spiro atoms. The Balaban J connectivity index is 2.71. The number of carbonyl (C=O) groups excluding carboxylic acids is 1. The number of rotatable bonds is 2. The monoisotopic (exact) mass is 214 g/mol. The molecule has 1 fully saturated rings. The topological polar surface area (TPSA) is 50.4 Å². The molecule has 0 aromatic rings. The maximum absolute atomic E-state index is 11.5. The number of hydrogen-bond acceptors (Lipinski definition) is 3. The summed E-state index contributed by atoms with van der Waals surface area (Å²) in [6.07, 6.45) is 0. The highest BCUT2D eigenvalue weighted by Gasteiger charge is 2.33. The van der Waals surface area contributed by atoms with Gasteiger partial charge >= 0.3 is 5.97 Å². The van der Waals surface area contributed by atoms with E-state index < -0.39 is 0 Å². The Labute approximate surface area is 88.7 Å². The smallest absolute Gasteiger partial charge is 0.317 e. The molecule has 0 unspecified atom stereocenters. The Hall–Kier alpha value is -1.10. The predicted octanol–water partition coefficient (Wildman–Crippen LogP) is 0.546. The summed E-state index contributed by atoms with van der Waals surface area (Å²) in [5.74, 6) is -0.644. The first-order valence-electron chi connectivity index (χ1n) is 4.49. The molecule has 1 aliphatic rings. The van der Waals surface area contributed by atoms with Gasteiger partial charge in [-0.2, -0.15) is 0 Å². The van der Waals surface area contributed by atoms with Gasteiger partial charge < -0.3 is 15.4 Å². The van der Waals surface area contributed by atoms with Crippen molar-refractivity contribution in [2.45, 2.75) is 19.9 Å². The average Bonchev–Trinajstić information content (AvgIpc) is 2.01. The normalized spacial score (nSPS) is 26.4. The van der Waals surface area contributed by atoms with Gasteiger partial charge in [0.15, 0.2) is 5.11 Å². The summed E-state index contributed by atoms with van der Waals surface area (Å²) in [5, 5.41) is 6.28. The summed E-state index contributed by atoms with van der Waals surface area (Å²) in [7, 11) is 0. The van der Waals surface area contributed by atoms with Gasteiger partial charge in [0.1, 0.15) is 5.92 Å². The van der Waals surface area contributed by atoms with Crippen LogP contribution in [-0.4, -0.2) is 23.7 Å². The Morgan fingerprint density at radius 2 is 2.36 bits per heavy atom. The second kappa shape index (κ2) is 4.41. The average molecular weight is 214 g/mol. The van der Waals surface area contributed by atoms with Crippen molar-refractivity contribution in [2.24, 2.45) is 5.92 Å². The minimum Gasteiger partial charge on any atom is -0.465 e. The van der Waals surface area contributed by atoms with Crippen LogP contribution in [0, 0.1) is 5.92 Å². The van der Waals surface area contributed by atoms with Crippen molar-refractivity contribution in [1.29, 1.82) is 0 Å². The fourth-order valence-electron chi connectivity index (χ4n) is 1.43. The lowest BCUT2D eigenvalue weighted by Crippen LogP contribution is -2.54. The predicted molar refractivity (Wildman–Crippen MR) is 57.6 cm³/mol. The summed E-state index contributed by atoms with van der Waals surface area (Å²) >= 11 is 4.93. The molecule has 0 aliphatic carbocycles. The largest absolute Gasteiger partial charge is 0.465 e. The van der Waals surface area contributed by atoms with E-state index in [4.69, 9.17) is 17.0 Å². The first-order chi connectivity index (χ1) is 6.56. The molecule has 2 N–H and O–H groups in total. The third-order valence-electron chi connectivity index (χ3n) is 2.05. The molecule has 14 heavy (non-hydrogen) atoms. The molecule has 0 bridgehead atoms. The Morgan fingerprint density at radius 1 is 1.71 bits per heavy atom. The van der Waals surface area contributed by atoms with Crippen LogP contribution in [-0.2, 0) is 9.53 Å². The SMILES string of the molecule is C=C1NC(=S)N[C@@H](C)[C@@H]1C(=O)OCC. The highest BCUT2D eigenvalue weighted by molar-refractivity contribution is 7.80. The lowest BCUT2D eigenvalue weighted by molar-refractivity contribution is -0.147. The fourth-order valence-corrected chi connectivity index (χ4v) is 1.75. The third kappa shape index (κ3) is 2.23. The van der Waals surface area contributed by atoms with E-state index in [0.717, 1.165) is 0 Å². The summed E-state index contributed by atoms with van der Waals surface area (Å²) in [4.78, 5) is 11.5. The van der Waals surface area contributed by atoms with E-state index in [1.807, 2.05) is 6.92 Å². The maximum Gasteiger partial charge on any atom is 0.317 e. The molecule has 1 saturated heterocycles. The Bertz CT molecular complexity index is 278. The molecular weight excluding hydrogens is 200 g/mol. The van der Waals surface area contributed by atoms with E-state index in [9.17, 15) is 4.79 Å². The van der Waals surface area contributed by atoms with E-state index >= 15 is 0 Å². The molecular formula is C9H14N2O2S. The molecule has 0 aromatic heterocycles. The minimum absolute atomic E-state index is 0.0738. The van der Waals surface area contributed by atoms with Crippen LogP contribution >= 0.6 is 12.2 Å². The Morgan fingerprint density at radius 3 is 2.86 bits per heavy atom. The van der Waals surface area contributed by atoms with E-state index in [1.165, 1.54) is 0 Å². The number of nitrogens with one attached hydrogen (secondary N) is 2. The molecule has 1 rings (SSSR count). The van der Waals surface area contributed by atoms with E-state index in [2.05, 4.69) is 17.2 Å². The zero-order chi connectivity index (χ0) is 10.7. The van der Waals surface area contributed by atoms with Crippen molar-refractivity contribution in [3.63, 3.8) is 0 Å². The summed E-state index contributed by atoms with van der Waals surface area (Å²) < 4.78 is 4.93. The van der Waals surface area contributed by atoms with Gasteiger partial charge in [-0.25, -0.2) is 0 Å². The van der Waals surface area contributed by atoms with E-state index in [1.54, 1.807) is 6.92 Å². The third-order valence-corrected chi connectivity index (χ3v) is 2.27. The molecule has 78 valence electrons. The zero-order valence-corrected chi connectivity index (χ0v) is 9.11. The summed E-state index contributed by atoms with van der Waals surface area (Å²) in [5.41, 5.74) is 0.597. The molecule has 2 atom stereocenters. The van der Waals surface area contributed by atoms with E-state index in [-0.39, 0.29) is 17.9 Å². The van der Waals surface area contributed by atoms with Crippen molar-refractivity contribution in [3.8, 4) is 0 Å². The standard InChI is InChI=1S/C9H14N2O2S/c1-4-13-8(12)7-5(2)10-9(14)11-6(7)3/h6-7H,2,4H2,1,3H3,(H2,10,11,14)/t6-,7+/m0/s1. The highest BCUT2D eigenvalue weighted by Crippen LogP contribution is 2.17. The van der Waals surface area contributed by atoms with Gasteiger partial charge in [0.2, 0.25) is 0 Å². The van der Waals surface area contributed by atoms with Crippen molar-refractivity contribution < 1.29 is 9.53 Å². The number of ether oxygens (including phenoxy) is 1. The number of carbonyl (C=O) groups is 1. The van der Waals surface area contributed by atoms with Gasteiger partial charge in [0.25, 0.3) is 0 Å². The second-order valence-corrected chi connectivity index (χ2v) is 3.55. The molecule has 0 radical (unpaired) electrons. The van der Waals surface area contributed by atoms with Gasteiger partial charge in [-0.15, -0.1) is 0 Å². The zero-order valence-electron chi connectivity index (χ0n) is 8.29. The molecule has 4 nitrogen and oxygen atoms in total. The number of thiocarbonyl (C=S) groups is 1. The van der Waals surface area contributed by atoms with Crippen LogP contribution < -0.4 is 10.6 Å². The Kier molecular flexibility index (Phi) is 3.46. The highest BCUT2D eigenvalue weighted by atomic mass is 32.1. The lowest BCUT2D eigenvalue weighted by atomic mass is 9.96. The quantitative estimate of drug-likeness (QED) is 0.519. The van der Waals surface area contributed by atoms with Crippen molar-refractivity contribution in [2.75, 3.05) is 6.61 Å². The second-order valence-electron chi connectivity index (χ2n) is 3.14. The van der Waals surface area contributed by atoms with Crippen molar-refractivity contribution in [1.82, 2.24) is 10.6 Å². The summed E-state index contributed by atoms with van der Waals surface area (Å²) in [6, 6.07) is -0.0738. The van der Waals surface area contributed by atoms with Crippen LogP contribution in [0.4, 0.5) is 0 Å². The van der Waals surface area contributed by atoms with Crippen LogP contribution in [0.2, 0.25) is 0 Å². The van der Waals surface area contributed by atoms with Gasteiger partial charge in [0, 0.05) is 11.7 Å².